The first-order valence-corrected chi connectivity index (χ1v) is 12.1. The van der Waals surface area contributed by atoms with Crippen molar-refractivity contribution in [3.05, 3.63) is 60.4 Å². The molecular weight excluding hydrogens is 588 g/mol. The molecule has 0 radical (unpaired) electrons. The Kier molecular flexibility index (Phi) is 8.37. The van der Waals surface area contributed by atoms with Crippen LogP contribution in [0.2, 0.25) is 0 Å². The Bertz CT molecular complexity index is 974. The van der Waals surface area contributed by atoms with Crippen molar-refractivity contribution in [2.24, 2.45) is 0 Å². The van der Waals surface area contributed by atoms with Gasteiger partial charge in [0.25, 0.3) is 0 Å². The Morgan fingerprint density at radius 1 is 1.24 bits per heavy atom. The first-order valence-electron chi connectivity index (χ1n) is 9.94. The second-order valence-electron chi connectivity index (χ2n) is 6.80. The van der Waals surface area contributed by atoms with E-state index in [0.29, 0.717) is 17.7 Å². The molecule has 0 unspecified atom stereocenters. The lowest BCUT2D eigenvalue weighted by molar-refractivity contribution is 0.103. The molecule has 6 heteroatoms. The number of halogens is 2. The largest absolute Gasteiger partial charge is 0.490 e. The number of fused-ring (bicyclic) bond motifs is 1. The van der Waals surface area contributed by atoms with Crippen LogP contribution in [0.15, 0.2) is 40.8 Å². The lowest BCUT2D eigenvalue weighted by Gasteiger charge is -2.12. The lowest BCUT2D eigenvalue weighted by atomic mass is 9.98. The van der Waals surface area contributed by atoms with E-state index in [0.717, 1.165) is 62.0 Å². The van der Waals surface area contributed by atoms with Crippen molar-refractivity contribution in [2.45, 2.75) is 33.1 Å². The van der Waals surface area contributed by atoms with Gasteiger partial charge in [-0.05, 0) is 76.3 Å². The summed E-state index contributed by atoms with van der Waals surface area (Å²) in [5.74, 6) is 1.63. The highest BCUT2D eigenvalue weighted by Crippen LogP contribution is 2.33. The quantitative estimate of drug-likeness (QED) is 0.168. The van der Waals surface area contributed by atoms with Gasteiger partial charge in [-0.3, -0.25) is 4.79 Å². The van der Waals surface area contributed by atoms with E-state index in [2.05, 4.69) is 64.3 Å². The van der Waals surface area contributed by atoms with Crippen LogP contribution in [0, 0.1) is 7.14 Å². The number of ether oxygens (including phenoxy) is 1. The maximum absolute atomic E-state index is 13.5. The number of rotatable bonds is 10. The summed E-state index contributed by atoms with van der Waals surface area (Å²) >= 11 is 4.49. The summed E-state index contributed by atoms with van der Waals surface area (Å²) in [4.78, 5) is 13.5. The summed E-state index contributed by atoms with van der Waals surface area (Å²) in [7, 11) is 0. The van der Waals surface area contributed by atoms with E-state index in [1.807, 2.05) is 36.4 Å². The molecule has 0 bridgehead atoms. The number of likely N-dealkylation sites (N-methyl/N-ethyl adjacent to an activating group) is 1. The van der Waals surface area contributed by atoms with Gasteiger partial charge < -0.3 is 14.5 Å². The topological polar surface area (TPSA) is 51.5 Å². The molecule has 3 rings (SSSR count). The number of aryl methyl sites for hydroxylation is 1. The fourth-order valence-corrected chi connectivity index (χ4v) is 5.31. The average molecular weight is 613 g/mol. The molecule has 0 atom stereocenters. The molecule has 1 heterocycles. The molecule has 1 N–H and O–H groups in total. The highest BCUT2D eigenvalue weighted by molar-refractivity contribution is 14.1. The van der Waals surface area contributed by atoms with E-state index in [1.165, 1.54) is 0 Å². The molecule has 0 saturated carbocycles. The predicted octanol–water partition coefficient (Wildman–Crippen LogP) is 6.20. The lowest BCUT2D eigenvalue weighted by Crippen LogP contribution is -2.20. The number of para-hydroxylation sites is 1. The van der Waals surface area contributed by atoms with Crippen molar-refractivity contribution in [3.63, 3.8) is 0 Å². The molecular formula is C23H25I2NO3. The van der Waals surface area contributed by atoms with Crippen molar-refractivity contribution in [2.75, 3.05) is 19.7 Å². The minimum atomic E-state index is 0.0103. The molecule has 0 aliphatic rings. The maximum atomic E-state index is 13.5. The van der Waals surface area contributed by atoms with Gasteiger partial charge >= 0.3 is 0 Å². The van der Waals surface area contributed by atoms with Gasteiger partial charge in [0.1, 0.15) is 23.7 Å². The Labute approximate surface area is 199 Å². The molecule has 0 saturated heterocycles. The monoisotopic (exact) mass is 613 g/mol. The third kappa shape index (κ3) is 5.32. The minimum absolute atomic E-state index is 0.0103. The van der Waals surface area contributed by atoms with Crippen LogP contribution in [0.4, 0.5) is 0 Å². The normalized spacial score (nSPS) is 11.2. The second kappa shape index (κ2) is 10.8. The Hall–Kier alpha value is -1.13. The number of hydrogen-bond acceptors (Lipinski definition) is 4. The van der Waals surface area contributed by atoms with Crippen LogP contribution in [0.25, 0.3) is 11.0 Å². The van der Waals surface area contributed by atoms with E-state index in [9.17, 15) is 4.79 Å². The zero-order valence-corrected chi connectivity index (χ0v) is 21.0. The number of ketones is 1. The van der Waals surface area contributed by atoms with Crippen LogP contribution in [0.3, 0.4) is 0 Å². The van der Waals surface area contributed by atoms with Crippen molar-refractivity contribution >= 4 is 61.9 Å². The minimum Gasteiger partial charge on any atom is -0.490 e. The summed E-state index contributed by atoms with van der Waals surface area (Å²) in [6.07, 6.45) is 2.82. The van der Waals surface area contributed by atoms with E-state index in [-0.39, 0.29) is 5.78 Å². The maximum Gasteiger partial charge on any atom is 0.197 e. The van der Waals surface area contributed by atoms with Crippen molar-refractivity contribution in [1.82, 2.24) is 5.32 Å². The average Bonchev–Trinajstić information content (AvgIpc) is 3.08. The second-order valence-corrected chi connectivity index (χ2v) is 9.12. The van der Waals surface area contributed by atoms with Crippen LogP contribution in [-0.2, 0) is 6.42 Å². The first kappa shape index (κ1) is 22.6. The van der Waals surface area contributed by atoms with Crippen molar-refractivity contribution in [1.29, 1.82) is 0 Å². The van der Waals surface area contributed by atoms with Gasteiger partial charge in [-0.25, -0.2) is 0 Å². The molecule has 1 aromatic heterocycles. The van der Waals surface area contributed by atoms with Gasteiger partial charge in [0, 0.05) is 23.9 Å². The summed E-state index contributed by atoms with van der Waals surface area (Å²) in [5.41, 5.74) is 2.14. The number of hydrogen-bond donors (Lipinski definition) is 1. The van der Waals surface area contributed by atoms with E-state index >= 15 is 0 Å². The first-order chi connectivity index (χ1) is 14.1. The molecule has 0 aliphatic heterocycles. The molecule has 3 aromatic rings. The van der Waals surface area contributed by atoms with Crippen molar-refractivity contribution in [3.8, 4) is 5.75 Å². The zero-order chi connectivity index (χ0) is 20.8. The Balaban J connectivity index is 1.94. The number of furan rings is 1. The third-order valence-electron chi connectivity index (χ3n) is 4.69. The van der Waals surface area contributed by atoms with E-state index < -0.39 is 0 Å². The highest BCUT2D eigenvalue weighted by Gasteiger charge is 2.23. The molecule has 0 fully saturated rings. The SMILES string of the molecule is CCCCc1oc2ccccc2c1C(=O)c1cc(I)c(OCCNCC)c([123I])c1. The number of nitrogens with one attached hydrogen (secondary N) is 1. The number of carbonyl (C=O) groups is 1. The Morgan fingerprint density at radius 2 is 2.03 bits per heavy atom. The molecule has 0 amide bonds. The summed E-state index contributed by atoms with van der Waals surface area (Å²) < 4.78 is 13.9. The standard InChI is InChI=1S/C23H25I2NO3/c1-3-5-9-20-21(16-8-6-7-10-19(16)29-20)22(27)15-13-17(24)23(18(25)14-15)28-12-11-26-4-2/h6-8,10,13-14,26H,3-5,9,11-12H2,1-2H3/i24-4. The van der Waals surface area contributed by atoms with Gasteiger partial charge in [-0.15, -0.1) is 0 Å². The van der Waals surface area contributed by atoms with Gasteiger partial charge in [0.15, 0.2) is 5.78 Å². The molecule has 29 heavy (non-hydrogen) atoms. The molecule has 4 nitrogen and oxygen atoms in total. The predicted molar refractivity (Wildman–Crippen MR) is 134 cm³/mol. The fraction of sp³-hybridized carbons (Fsp3) is 0.348. The van der Waals surface area contributed by atoms with Crippen molar-refractivity contribution < 1.29 is 13.9 Å². The van der Waals surface area contributed by atoms with E-state index in [1.54, 1.807) is 0 Å². The molecule has 0 aliphatic carbocycles. The Morgan fingerprint density at radius 3 is 2.76 bits per heavy atom. The molecule has 0 spiro atoms. The zero-order valence-electron chi connectivity index (χ0n) is 16.7. The van der Waals surface area contributed by atoms with Gasteiger partial charge in [-0.1, -0.05) is 38.5 Å². The number of unbranched alkanes of at least 4 members (excludes halogenated alkanes) is 1. The molecule has 2 aromatic carbocycles. The van der Waals surface area contributed by atoms with Crippen LogP contribution < -0.4 is 10.1 Å². The highest BCUT2D eigenvalue weighted by atomic mass is 127. The van der Waals surface area contributed by atoms with Gasteiger partial charge in [-0.2, -0.15) is 0 Å². The fourth-order valence-electron chi connectivity index (χ4n) is 3.23. The van der Waals surface area contributed by atoms with Crippen LogP contribution in [0.5, 0.6) is 5.75 Å². The number of benzene rings is 2. The number of carbonyl (C=O) groups excluding carboxylic acids is 1. The van der Waals surface area contributed by atoms with E-state index in [4.69, 9.17) is 9.15 Å². The van der Waals surface area contributed by atoms with Crippen LogP contribution >= 0.6 is 45.2 Å². The van der Waals surface area contributed by atoms with Gasteiger partial charge in [0.2, 0.25) is 0 Å². The molecule has 154 valence electrons. The van der Waals surface area contributed by atoms with Crippen LogP contribution in [-0.4, -0.2) is 25.5 Å². The van der Waals surface area contributed by atoms with Crippen LogP contribution in [0.1, 0.15) is 48.4 Å². The third-order valence-corrected chi connectivity index (χ3v) is 6.29. The van der Waals surface area contributed by atoms with Gasteiger partial charge in [0.05, 0.1) is 12.7 Å². The summed E-state index contributed by atoms with van der Waals surface area (Å²) in [6.45, 7) is 6.53. The summed E-state index contributed by atoms with van der Waals surface area (Å²) in [5, 5.41) is 4.14. The summed E-state index contributed by atoms with van der Waals surface area (Å²) in [6, 6.07) is 11.6. The smallest absolute Gasteiger partial charge is 0.197 e.